The first-order valence-corrected chi connectivity index (χ1v) is 8.39. The van der Waals surface area contributed by atoms with Crippen molar-refractivity contribution in [2.75, 3.05) is 31.2 Å². The Kier molecular flexibility index (Phi) is 5.31. The Labute approximate surface area is 138 Å². The van der Waals surface area contributed by atoms with Crippen molar-refractivity contribution >= 4 is 5.69 Å². The van der Waals surface area contributed by atoms with E-state index < -0.39 is 0 Å². The van der Waals surface area contributed by atoms with Gasteiger partial charge in [-0.2, -0.15) is 5.10 Å². The summed E-state index contributed by atoms with van der Waals surface area (Å²) in [6.07, 6.45) is 3.85. The molecule has 1 aromatic heterocycles. The summed E-state index contributed by atoms with van der Waals surface area (Å²) in [5.41, 5.74) is 2.66. The van der Waals surface area contributed by atoms with Gasteiger partial charge in [-0.25, -0.2) is 0 Å². The number of hydrogen-bond acceptors (Lipinski definition) is 4. The van der Waals surface area contributed by atoms with Crippen LogP contribution in [0.2, 0.25) is 0 Å². The van der Waals surface area contributed by atoms with Gasteiger partial charge < -0.3 is 15.0 Å². The zero-order valence-electron chi connectivity index (χ0n) is 14.0. The molecule has 0 radical (unpaired) electrons. The molecule has 3 rings (SSSR count). The molecule has 1 aromatic carbocycles. The number of ether oxygens (including phenoxy) is 1. The van der Waals surface area contributed by atoms with Crippen molar-refractivity contribution in [3.8, 4) is 0 Å². The van der Waals surface area contributed by atoms with Gasteiger partial charge in [-0.3, -0.25) is 4.68 Å². The van der Waals surface area contributed by atoms with Gasteiger partial charge in [-0.15, -0.1) is 0 Å². The van der Waals surface area contributed by atoms with E-state index in [0.717, 1.165) is 32.8 Å². The molecule has 1 aliphatic heterocycles. The molecule has 23 heavy (non-hydrogen) atoms. The van der Waals surface area contributed by atoms with Crippen LogP contribution in [0.5, 0.6) is 0 Å². The largest absolute Gasteiger partial charge is 0.378 e. The predicted molar refractivity (Wildman–Crippen MR) is 92.7 cm³/mol. The van der Waals surface area contributed by atoms with E-state index in [9.17, 15) is 0 Å². The Morgan fingerprint density at radius 1 is 1.17 bits per heavy atom. The number of benzene rings is 1. The Morgan fingerprint density at radius 3 is 2.70 bits per heavy atom. The Morgan fingerprint density at radius 2 is 1.96 bits per heavy atom. The quantitative estimate of drug-likeness (QED) is 0.889. The van der Waals surface area contributed by atoms with Crippen LogP contribution in [0.25, 0.3) is 0 Å². The van der Waals surface area contributed by atoms with E-state index in [1.54, 1.807) is 0 Å². The van der Waals surface area contributed by atoms with Gasteiger partial charge in [0.1, 0.15) is 0 Å². The first-order valence-electron chi connectivity index (χ1n) is 8.39. The summed E-state index contributed by atoms with van der Waals surface area (Å²) < 4.78 is 7.47. The number of aromatic nitrogens is 2. The molecule has 0 unspecified atom stereocenters. The molecule has 1 N–H and O–H groups in total. The molecule has 1 fully saturated rings. The SMILES string of the molecule is C[C@H](NCc1ccccc1N1CCOCC1)[C@@H](C)n1cccn1. The number of rotatable bonds is 6. The van der Waals surface area contributed by atoms with Crippen molar-refractivity contribution in [3.63, 3.8) is 0 Å². The van der Waals surface area contributed by atoms with Crippen LogP contribution in [-0.2, 0) is 11.3 Å². The van der Waals surface area contributed by atoms with Crippen LogP contribution in [0.3, 0.4) is 0 Å². The number of morpholine rings is 1. The van der Waals surface area contributed by atoms with E-state index >= 15 is 0 Å². The van der Waals surface area contributed by atoms with Crippen LogP contribution >= 0.6 is 0 Å². The van der Waals surface area contributed by atoms with Crippen molar-refractivity contribution < 1.29 is 4.74 Å². The highest BCUT2D eigenvalue weighted by atomic mass is 16.5. The van der Waals surface area contributed by atoms with Crippen LogP contribution in [0.1, 0.15) is 25.5 Å². The van der Waals surface area contributed by atoms with Crippen LogP contribution in [0.15, 0.2) is 42.7 Å². The summed E-state index contributed by atoms with van der Waals surface area (Å²) in [6.45, 7) is 8.83. The lowest BCUT2D eigenvalue weighted by Crippen LogP contribution is -2.38. The number of anilines is 1. The molecule has 124 valence electrons. The normalized spacial score (nSPS) is 17.9. The molecule has 0 aliphatic carbocycles. The molecule has 1 aliphatic rings. The van der Waals surface area contributed by atoms with E-state index in [1.807, 2.05) is 23.1 Å². The van der Waals surface area contributed by atoms with Gasteiger partial charge in [0.25, 0.3) is 0 Å². The molecule has 2 aromatic rings. The van der Waals surface area contributed by atoms with Crippen LogP contribution < -0.4 is 10.2 Å². The van der Waals surface area contributed by atoms with Crippen molar-refractivity contribution in [1.82, 2.24) is 15.1 Å². The number of para-hydroxylation sites is 1. The van der Waals surface area contributed by atoms with Crippen molar-refractivity contribution in [1.29, 1.82) is 0 Å². The van der Waals surface area contributed by atoms with Crippen molar-refractivity contribution in [2.45, 2.75) is 32.5 Å². The highest BCUT2D eigenvalue weighted by Gasteiger charge is 2.17. The van der Waals surface area contributed by atoms with E-state index in [-0.39, 0.29) is 0 Å². The van der Waals surface area contributed by atoms with Gasteiger partial charge in [0.05, 0.1) is 19.3 Å². The fraction of sp³-hybridized carbons (Fsp3) is 0.500. The van der Waals surface area contributed by atoms with E-state index in [1.165, 1.54) is 11.3 Å². The molecule has 5 nitrogen and oxygen atoms in total. The second-order valence-corrected chi connectivity index (χ2v) is 6.12. The molecule has 0 spiro atoms. The fourth-order valence-electron chi connectivity index (χ4n) is 2.97. The minimum Gasteiger partial charge on any atom is -0.378 e. The third-order valence-corrected chi connectivity index (χ3v) is 4.62. The Hall–Kier alpha value is -1.85. The van der Waals surface area contributed by atoms with Crippen molar-refractivity contribution in [2.24, 2.45) is 0 Å². The van der Waals surface area contributed by atoms with Crippen LogP contribution in [-0.4, -0.2) is 42.1 Å². The lowest BCUT2D eigenvalue weighted by Gasteiger charge is -2.31. The maximum Gasteiger partial charge on any atom is 0.0642 e. The molecular weight excluding hydrogens is 288 g/mol. The second kappa shape index (κ2) is 7.62. The maximum atomic E-state index is 5.47. The monoisotopic (exact) mass is 314 g/mol. The first-order chi connectivity index (χ1) is 11.3. The zero-order valence-corrected chi connectivity index (χ0v) is 14.0. The summed E-state index contributed by atoms with van der Waals surface area (Å²) in [5, 5.41) is 7.99. The molecule has 0 amide bonds. The third-order valence-electron chi connectivity index (χ3n) is 4.62. The maximum absolute atomic E-state index is 5.47. The van der Waals surface area contributed by atoms with E-state index in [0.29, 0.717) is 12.1 Å². The van der Waals surface area contributed by atoms with Crippen molar-refractivity contribution in [3.05, 3.63) is 48.3 Å². The average molecular weight is 314 g/mol. The van der Waals surface area contributed by atoms with E-state index in [4.69, 9.17) is 4.74 Å². The first kappa shape index (κ1) is 16.0. The molecule has 0 saturated carbocycles. The molecule has 2 atom stereocenters. The van der Waals surface area contributed by atoms with Gasteiger partial charge in [-0.05, 0) is 31.5 Å². The lowest BCUT2D eigenvalue weighted by molar-refractivity contribution is 0.122. The smallest absolute Gasteiger partial charge is 0.0642 e. The minimum absolute atomic E-state index is 0.320. The average Bonchev–Trinajstić information content (AvgIpc) is 3.14. The molecule has 5 heteroatoms. The second-order valence-electron chi connectivity index (χ2n) is 6.12. The minimum atomic E-state index is 0.320. The summed E-state index contributed by atoms with van der Waals surface area (Å²) in [4.78, 5) is 2.42. The predicted octanol–water partition coefficient (Wildman–Crippen LogP) is 2.46. The third kappa shape index (κ3) is 3.92. The lowest BCUT2D eigenvalue weighted by atomic mass is 10.1. The van der Waals surface area contributed by atoms with Crippen LogP contribution in [0.4, 0.5) is 5.69 Å². The topological polar surface area (TPSA) is 42.3 Å². The number of nitrogens with one attached hydrogen (secondary N) is 1. The Bertz CT molecular complexity index is 593. The molecule has 2 heterocycles. The van der Waals surface area contributed by atoms with Gasteiger partial charge in [0.15, 0.2) is 0 Å². The van der Waals surface area contributed by atoms with Crippen LogP contribution in [0, 0.1) is 0 Å². The summed E-state index contributed by atoms with van der Waals surface area (Å²) in [6, 6.07) is 11.3. The summed E-state index contributed by atoms with van der Waals surface area (Å²) >= 11 is 0. The highest BCUT2D eigenvalue weighted by Crippen LogP contribution is 2.22. The Balaban J connectivity index is 1.63. The summed E-state index contributed by atoms with van der Waals surface area (Å²) in [5.74, 6) is 0. The van der Waals surface area contributed by atoms with Gasteiger partial charge in [0.2, 0.25) is 0 Å². The number of nitrogens with zero attached hydrogens (tertiary/aromatic N) is 3. The van der Waals surface area contributed by atoms with Gasteiger partial charge >= 0.3 is 0 Å². The van der Waals surface area contributed by atoms with Gasteiger partial charge in [0, 0.05) is 43.8 Å². The zero-order chi connectivity index (χ0) is 16.1. The standard InChI is InChI=1S/C18H26N4O/c1-15(16(2)22-9-5-8-20-22)19-14-17-6-3-4-7-18(17)21-10-12-23-13-11-21/h3-9,15-16,19H,10-14H2,1-2H3/t15-,16+/m0/s1. The van der Waals surface area contributed by atoms with E-state index in [2.05, 4.69) is 53.4 Å². The number of hydrogen-bond donors (Lipinski definition) is 1. The fourth-order valence-corrected chi connectivity index (χ4v) is 2.97. The summed E-state index contributed by atoms with van der Waals surface area (Å²) in [7, 11) is 0. The molecule has 1 saturated heterocycles. The molecular formula is C18H26N4O. The van der Waals surface area contributed by atoms with Gasteiger partial charge in [-0.1, -0.05) is 18.2 Å². The highest BCUT2D eigenvalue weighted by molar-refractivity contribution is 5.53. The molecule has 0 bridgehead atoms.